The summed E-state index contributed by atoms with van der Waals surface area (Å²) in [5, 5.41) is 6.64. The van der Waals surface area contributed by atoms with E-state index in [9.17, 15) is 9.59 Å². The topological polar surface area (TPSA) is 76.7 Å². The molecule has 2 amide bonds. The van der Waals surface area contributed by atoms with Gasteiger partial charge in [-0.2, -0.15) is 0 Å². The maximum Gasteiger partial charge on any atom is 0.256 e. The van der Waals surface area contributed by atoms with Crippen molar-refractivity contribution >= 4 is 28.2 Å². The van der Waals surface area contributed by atoms with Crippen molar-refractivity contribution in [1.82, 2.24) is 5.32 Å². The lowest BCUT2D eigenvalue weighted by Crippen LogP contribution is -2.32. The molecule has 6 nitrogen and oxygen atoms in total. The van der Waals surface area contributed by atoms with Crippen molar-refractivity contribution in [2.45, 2.75) is 44.6 Å². The molecule has 1 aliphatic carbocycles. The number of amides is 2. The summed E-state index contributed by atoms with van der Waals surface area (Å²) in [7, 11) is 1.59. The Morgan fingerprint density at radius 1 is 1.14 bits per heavy atom. The van der Waals surface area contributed by atoms with Gasteiger partial charge in [-0.15, -0.1) is 11.3 Å². The molecule has 1 aromatic heterocycles. The predicted molar refractivity (Wildman–Crippen MR) is 113 cm³/mol. The first-order valence-corrected chi connectivity index (χ1v) is 11.0. The number of nitrogens with one attached hydrogen (secondary N) is 2. The van der Waals surface area contributed by atoms with Gasteiger partial charge in [0.05, 0.1) is 18.8 Å². The van der Waals surface area contributed by atoms with Gasteiger partial charge in [-0.1, -0.05) is 0 Å². The molecule has 0 spiro atoms. The van der Waals surface area contributed by atoms with Gasteiger partial charge in [0.2, 0.25) is 0 Å². The van der Waals surface area contributed by atoms with Crippen LogP contribution in [0, 0.1) is 0 Å². The minimum atomic E-state index is -0.223. The zero-order chi connectivity index (χ0) is 20.2. The van der Waals surface area contributed by atoms with Crippen LogP contribution in [0.1, 0.15) is 56.8 Å². The summed E-state index contributed by atoms with van der Waals surface area (Å²) in [4.78, 5) is 27.0. The number of carbonyl (C=O) groups is 2. The van der Waals surface area contributed by atoms with Crippen LogP contribution in [0.4, 0.5) is 5.00 Å². The first-order valence-electron chi connectivity index (χ1n) is 10.2. The Morgan fingerprint density at radius 2 is 1.93 bits per heavy atom. The maximum absolute atomic E-state index is 13.0. The van der Waals surface area contributed by atoms with Crippen molar-refractivity contribution in [3.05, 3.63) is 45.8 Å². The average Bonchev–Trinajstić information content (AvgIpc) is 3.39. The quantitative estimate of drug-likeness (QED) is 0.754. The Labute approximate surface area is 174 Å². The lowest BCUT2D eigenvalue weighted by atomic mass is 9.95. The second kappa shape index (κ2) is 8.97. The summed E-state index contributed by atoms with van der Waals surface area (Å²) in [6.07, 6.45) is 6.14. The summed E-state index contributed by atoms with van der Waals surface area (Å²) in [6.45, 7) is 1.27. The zero-order valence-electron chi connectivity index (χ0n) is 16.6. The molecule has 0 bridgehead atoms. The minimum Gasteiger partial charge on any atom is -0.497 e. The molecule has 2 N–H and O–H groups in total. The summed E-state index contributed by atoms with van der Waals surface area (Å²) in [6, 6.07) is 6.95. The van der Waals surface area contributed by atoms with E-state index in [-0.39, 0.29) is 17.9 Å². The van der Waals surface area contributed by atoms with Crippen molar-refractivity contribution in [3.63, 3.8) is 0 Å². The fraction of sp³-hybridized carbons (Fsp3) is 0.455. The number of carbonyl (C=O) groups excluding carboxylic acids is 2. The molecule has 2 aliphatic rings. The highest BCUT2D eigenvalue weighted by atomic mass is 32.1. The van der Waals surface area contributed by atoms with Crippen LogP contribution in [-0.2, 0) is 17.6 Å². The average molecular weight is 415 g/mol. The largest absolute Gasteiger partial charge is 0.497 e. The molecule has 2 heterocycles. The molecule has 0 radical (unpaired) electrons. The molecule has 1 aromatic carbocycles. The number of aryl methyl sites for hydroxylation is 1. The van der Waals surface area contributed by atoms with E-state index >= 15 is 0 Å². The maximum atomic E-state index is 13.0. The highest BCUT2D eigenvalue weighted by molar-refractivity contribution is 7.17. The van der Waals surface area contributed by atoms with Crippen LogP contribution in [0.25, 0.3) is 0 Å². The number of benzene rings is 1. The van der Waals surface area contributed by atoms with Gasteiger partial charge in [0.25, 0.3) is 11.8 Å². The summed E-state index contributed by atoms with van der Waals surface area (Å²) < 4.78 is 10.8. The van der Waals surface area contributed by atoms with Crippen molar-refractivity contribution in [2.24, 2.45) is 0 Å². The first kappa shape index (κ1) is 19.9. The molecule has 0 saturated carbocycles. The molecule has 1 fully saturated rings. The zero-order valence-corrected chi connectivity index (χ0v) is 17.4. The van der Waals surface area contributed by atoms with Crippen LogP contribution in [0.3, 0.4) is 0 Å². The molecular formula is C22H26N2O4S. The molecule has 1 aliphatic heterocycles. The predicted octanol–water partition coefficient (Wildman–Crippen LogP) is 3.80. The van der Waals surface area contributed by atoms with Crippen LogP contribution in [0.5, 0.6) is 5.75 Å². The second-order valence-electron chi connectivity index (χ2n) is 7.44. The van der Waals surface area contributed by atoms with Crippen LogP contribution < -0.4 is 15.4 Å². The lowest BCUT2D eigenvalue weighted by Gasteiger charge is -2.15. The van der Waals surface area contributed by atoms with E-state index in [1.54, 1.807) is 31.4 Å². The lowest BCUT2D eigenvalue weighted by molar-refractivity contribution is 0.0858. The van der Waals surface area contributed by atoms with Gasteiger partial charge in [0, 0.05) is 23.6 Å². The SMILES string of the molecule is COc1ccc(C(=O)Nc2sc3c(c2C(=O)NC[C@H]2CCCO2)CCCC3)cc1. The van der Waals surface area contributed by atoms with Crippen LogP contribution in [-0.4, -0.2) is 38.2 Å². The Balaban J connectivity index is 1.54. The van der Waals surface area contributed by atoms with E-state index < -0.39 is 0 Å². The van der Waals surface area contributed by atoms with Gasteiger partial charge in [-0.3, -0.25) is 9.59 Å². The molecule has 2 aromatic rings. The third-order valence-corrected chi connectivity index (χ3v) is 6.70. The number of hydrogen-bond acceptors (Lipinski definition) is 5. The third-order valence-electron chi connectivity index (χ3n) is 5.49. The van der Waals surface area contributed by atoms with Crippen molar-refractivity contribution in [3.8, 4) is 5.75 Å². The summed E-state index contributed by atoms with van der Waals surface area (Å²) >= 11 is 1.53. The monoisotopic (exact) mass is 414 g/mol. The number of methoxy groups -OCH3 is 1. The Kier molecular flexibility index (Phi) is 6.16. The minimum absolute atomic E-state index is 0.0887. The molecule has 154 valence electrons. The van der Waals surface area contributed by atoms with E-state index in [0.29, 0.717) is 28.4 Å². The molecule has 29 heavy (non-hydrogen) atoms. The first-order chi connectivity index (χ1) is 14.2. The van der Waals surface area contributed by atoms with Crippen molar-refractivity contribution < 1.29 is 19.1 Å². The van der Waals surface area contributed by atoms with Crippen LogP contribution in [0.2, 0.25) is 0 Å². The number of anilines is 1. The fourth-order valence-electron chi connectivity index (χ4n) is 3.91. The van der Waals surface area contributed by atoms with Gasteiger partial charge in [-0.05, 0) is 68.4 Å². The number of hydrogen-bond donors (Lipinski definition) is 2. The van der Waals surface area contributed by atoms with E-state index in [4.69, 9.17) is 9.47 Å². The molecule has 7 heteroatoms. The highest BCUT2D eigenvalue weighted by Crippen LogP contribution is 2.38. The van der Waals surface area contributed by atoms with Gasteiger partial charge in [0.15, 0.2) is 0 Å². The Hall–Kier alpha value is -2.38. The molecule has 1 atom stereocenters. The molecule has 4 rings (SSSR count). The van der Waals surface area contributed by atoms with E-state index in [0.717, 1.165) is 50.7 Å². The van der Waals surface area contributed by atoms with Gasteiger partial charge >= 0.3 is 0 Å². The number of ether oxygens (including phenoxy) is 2. The number of rotatable bonds is 6. The van der Waals surface area contributed by atoms with E-state index in [1.807, 2.05) is 0 Å². The molecular weight excluding hydrogens is 388 g/mol. The van der Waals surface area contributed by atoms with Gasteiger partial charge in [-0.25, -0.2) is 0 Å². The Bertz CT molecular complexity index is 885. The van der Waals surface area contributed by atoms with Crippen LogP contribution in [0.15, 0.2) is 24.3 Å². The number of thiophene rings is 1. The van der Waals surface area contributed by atoms with Gasteiger partial charge in [0.1, 0.15) is 10.8 Å². The molecule has 1 saturated heterocycles. The van der Waals surface area contributed by atoms with Gasteiger partial charge < -0.3 is 20.1 Å². The smallest absolute Gasteiger partial charge is 0.256 e. The van der Waals surface area contributed by atoms with Crippen LogP contribution >= 0.6 is 11.3 Å². The van der Waals surface area contributed by atoms with E-state index in [2.05, 4.69) is 10.6 Å². The normalized spacial score (nSPS) is 18.2. The highest BCUT2D eigenvalue weighted by Gasteiger charge is 2.27. The third kappa shape index (κ3) is 4.46. The Morgan fingerprint density at radius 3 is 2.66 bits per heavy atom. The molecule has 0 unspecified atom stereocenters. The second-order valence-corrected chi connectivity index (χ2v) is 8.55. The number of fused-ring (bicyclic) bond motifs is 1. The van der Waals surface area contributed by atoms with E-state index in [1.165, 1.54) is 16.2 Å². The van der Waals surface area contributed by atoms with Crippen molar-refractivity contribution in [2.75, 3.05) is 25.6 Å². The van der Waals surface area contributed by atoms with Crippen molar-refractivity contribution in [1.29, 1.82) is 0 Å². The summed E-state index contributed by atoms with van der Waals surface area (Å²) in [5.74, 6) is 0.353. The standard InChI is InChI=1S/C22H26N2O4S/c1-27-15-10-8-14(9-11-15)20(25)24-22-19(17-6-2-3-7-18(17)29-22)21(26)23-13-16-5-4-12-28-16/h8-11,16H,2-7,12-13H2,1H3,(H,23,26)(H,24,25)/t16-/m1/s1. The fourth-order valence-corrected chi connectivity index (χ4v) is 5.19. The summed E-state index contributed by atoms with van der Waals surface area (Å²) in [5.41, 5.74) is 2.25.